The lowest BCUT2D eigenvalue weighted by molar-refractivity contribution is -0.139. The summed E-state index contributed by atoms with van der Waals surface area (Å²) in [5, 5.41) is 15.1. The number of fused-ring (bicyclic) bond motifs is 2. The van der Waals surface area contributed by atoms with Gasteiger partial charge in [-0.2, -0.15) is 0 Å². The second kappa shape index (κ2) is 10.7. The number of anilines is 2. The van der Waals surface area contributed by atoms with E-state index in [0.29, 0.717) is 5.75 Å². The van der Waals surface area contributed by atoms with E-state index in [-0.39, 0.29) is 18.8 Å². The molecule has 0 radical (unpaired) electrons. The summed E-state index contributed by atoms with van der Waals surface area (Å²) < 4.78 is 11.6. The van der Waals surface area contributed by atoms with E-state index in [2.05, 4.69) is 65.7 Å². The molecule has 0 amide bonds. The molecule has 4 aromatic carbocycles. The number of carboxylic acids is 1. The van der Waals surface area contributed by atoms with Gasteiger partial charge >= 0.3 is 5.97 Å². The molecule has 0 spiro atoms. The first-order valence-electron chi connectivity index (χ1n) is 12.3. The number of nitrogens with zero attached hydrogens (tertiary/aromatic N) is 1. The fourth-order valence-corrected chi connectivity index (χ4v) is 4.76. The Bertz CT molecular complexity index is 1330. The van der Waals surface area contributed by atoms with E-state index in [1.165, 1.54) is 16.3 Å². The first kappa shape index (κ1) is 23.7. The Morgan fingerprint density at radius 2 is 1.78 bits per heavy atom. The lowest BCUT2D eigenvalue weighted by atomic mass is 9.99. The van der Waals surface area contributed by atoms with Crippen LogP contribution in [0.4, 0.5) is 11.4 Å². The molecule has 0 saturated heterocycles. The number of para-hydroxylation sites is 2. The Labute approximate surface area is 211 Å². The lowest BCUT2D eigenvalue weighted by Gasteiger charge is -2.36. The molecule has 5 rings (SSSR count). The molecular formula is C30H30N2O4. The molecule has 4 aromatic rings. The molecule has 36 heavy (non-hydrogen) atoms. The van der Waals surface area contributed by atoms with Gasteiger partial charge in [0.2, 0.25) is 0 Å². The molecule has 184 valence electrons. The second-order valence-corrected chi connectivity index (χ2v) is 9.03. The fraction of sp³-hybridized carbons (Fsp3) is 0.233. The van der Waals surface area contributed by atoms with Crippen molar-refractivity contribution < 1.29 is 19.4 Å². The largest absolute Gasteiger partial charge is 0.486 e. The molecule has 0 aliphatic carbocycles. The van der Waals surface area contributed by atoms with E-state index >= 15 is 0 Å². The van der Waals surface area contributed by atoms with Gasteiger partial charge in [0, 0.05) is 11.7 Å². The molecule has 2 atom stereocenters. The topological polar surface area (TPSA) is 71.0 Å². The van der Waals surface area contributed by atoms with Crippen molar-refractivity contribution in [1.82, 2.24) is 5.32 Å². The fourth-order valence-electron chi connectivity index (χ4n) is 4.76. The van der Waals surface area contributed by atoms with Crippen molar-refractivity contribution in [3.63, 3.8) is 0 Å². The van der Waals surface area contributed by atoms with Crippen molar-refractivity contribution in [1.29, 1.82) is 0 Å². The zero-order chi connectivity index (χ0) is 24.9. The number of benzene rings is 4. The zero-order valence-electron chi connectivity index (χ0n) is 20.3. The first-order chi connectivity index (χ1) is 17.6. The molecular weight excluding hydrogens is 452 g/mol. The average Bonchev–Trinajstić information content (AvgIpc) is 2.91. The summed E-state index contributed by atoms with van der Waals surface area (Å²) in [4.78, 5) is 13.0. The van der Waals surface area contributed by atoms with Crippen LogP contribution in [0.5, 0.6) is 11.5 Å². The van der Waals surface area contributed by atoms with E-state index in [9.17, 15) is 4.79 Å². The molecule has 6 nitrogen and oxygen atoms in total. The summed E-state index contributed by atoms with van der Waals surface area (Å²) >= 11 is 0. The molecule has 2 unspecified atom stereocenters. The highest BCUT2D eigenvalue weighted by molar-refractivity contribution is 5.86. The van der Waals surface area contributed by atoms with Crippen molar-refractivity contribution in [2.24, 2.45) is 0 Å². The molecule has 0 bridgehead atoms. The highest BCUT2D eigenvalue weighted by Gasteiger charge is 2.26. The minimum atomic E-state index is -0.993. The number of carbonyl (C=O) groups is 1. The second-order valence-electron chi connectivity index (χ2n) is 9.03. The smallest absolute Gasteiger partial charge is 0.341 e. The Kier molecular flexibility index (Phi) is 7.05. The van der Waals surface area contributed by atoms with Crippen LogP contribution in [0.25, 0.3) is 10.8 Å². The van der Waals surface area contributed by atoms with Gasteiger partial charge in [-0.15, -0.1) is 0 Å². The lowest BCUT2D eigenvalue weighted by Crippen LogP contribution is -2.39. The Hall–Kier alpha value is -4.03. The predicted molar refractivity (Wildman–Crippen MR) is 142 cm³/mol. The van der Waals surface area contributed by atoms with Crippen LogP contribution < -0.4 is 19.7 Å². The maximum atomic E-state index is 10.8. The third-order valence-corrected chi connectivity index (χ3v) is 6.55. The van der Waals surface area contributed by atoms with E-state index < -0.39 is 5.97 Å². The highest BCUT2D eigenvalue weighted by atomic mass is 16.5. The average molecular weight is 483 g/mol. The van der Waals surface area contributed by atoms with Gasteiger partial charge in [0.25, 0.3) is 0 Å². The SMILES string of the molecule is CC(NCCC1CN(c2ccc(OCC(=O)O)cc2)c2ccccc2O1)c1cccc2ccccc12. The monoisotopic (exact) mass is 482 g/mol. The van der Waals surface area contributed by atoms with Gasteiger partial charge in [-0.05, 0) is 72.6 Å². The van der Waals surface area contributed by atoms with Crippen LogP contribution in [0.3, 0.4) is 0 Å². The molecule has 6 heteroatoms. The normalized spacial score (nSPS) is 15.7. The number of ether oxygens (including phenoxy) is 2. The number of nitrogens with one attached hydrogen (secondary N) is 1. The predicted octanol–water partition coefficient (Wildman–Crippen LogP) is 5.94. The van der Waals surface area contributed by atoms with Gasteiger partial charge < -0.3 is 24.8 Å². The molecule has 1 heterocycles. The highest BCUT2D eigenvalue weighted by Crippen LogP contribution is 2.39. The molecule has 0 aromatic heterocycles. The number of hydrogen-bond donors (Lipinski definition) is 2. The summed E-state index contributed by atoms with van der Waals surface area (Å²) in [6, 6.07) is 30.8. The van der Waals surface area contributed by atoms with Crippen LogP contribution in [0.2, 0.25) is 0 Å². The molecule has 0 fully saturated rings. The van der Waals surface area contributed by atoms with Crippen molar-refractivity contribution >= 4 is 28.1 Å². The minimum absolute atomic E-state index is 0.0232. The Balaban J connectivity index is 1.26. The summed E-state index contributed by atoms with van der Waals surface area (Å²) in [6.45, 7) is 3.40. The van der Waals surface area contributed by atoms with E-state index in [0.717, 1.165) is 36.6 Å². The van der Waals surface area contributed by atoms with Crippen LogP contribution in [-0.2, 0) is 4.79 Å². The van der Waals surface area contributed by atoms with Gasteiger partial charge in [0.05, 0.1) is 12.2 Å². The third-order valence-electron chi connectivity index (χ3n) is 6.55. The van der Waals surface area contributed by atoms with Crippen LogP contribution in [0.1, 0.15) is 24.9 Å². The van der Waals surface area contributed by atoms with E-state index in [1.807, 2.05) is 30.3 Å². The van der Waals surface area contributed by atoms with E-state index in [1.54, 1.807) is 12.1 Å². The first-order valence-corrected chi connectivity index (χ1v) is 12.3. The Morgan fingerprint density at radius 3 is 2.61 bits per heavy atom. The van der Waals surface area contributed by atoms with E-state index in [4.69, 9.17) is 14.6 Å². The quantitative estimate of drug-likeness (QED) is 0.308. The standard InChI is InChI=1S/C30H30N2O4/c1-21(26-10-6-8-22-7-2-3-9-27(22)26)31-18-17-25-19-32(28-11-4-5-12-29(28)36-25)23-13-15-24(16-14-23)35-20-30(33)34/h2-16,21,25,31H,17-20H2,1H3,(H,33,34). The summed E-state index contributed by atoms with van der Waals surface area (Å²) in [6.07, 6.45) is 0.884. The zero-order valence-corrected chi connectivity index (χ0v) is 20.3. The van der Waals surface area contributed by atoms with Crippen molar-refractivity contribution in [2.75, 3.05) is 24.6 Å². The molecule has 1 aliphatic heterocycles. The van der Waals surface area contributed by atoms with Crippen LogP contribution >= 0.6 is 0 Å². The number of carboxylic acid groups (broad SMARTS) is 1. The number of rotatable bonds is 9. The van der Waals surface area contributed by atoms with Gasteiger partial charge in [-0.1, -0.05) is 54.6 Å². The third kappa shape index (κ3) is 5.29. The van der Waals surface area contributed by atoms with Gasteiger partial charge in [0.1, 0.15) is 17.6 Å². The number of hydrogen-bond acceptors (Lipinski definition) is 5. The molecule has 2 N–H and O–H groups in total. The van der Waals surface area contributed by atoms with Gasteiger partial charge in [-0.3, -0.25) is 0 Å². The molecule has 0 saturated carbocycles. The molecule has 1 aliphatic rings. The van der Waals surface area contributed by atoms with Crippen LogP contribution in [0.15, 0.2) is 91.0 Å². The van der Waals surface area contributed by atoms with Crippen molar-refractivity contribution in [3.05, 3.63) is 96.6 Å². The Morgan fingerprint density at radius 1 is 1.03 bits per heavy atom. The van der Waals surface area contributed by atoms with Gasteiger partial charge in [0.15, 0.2) is 6.61 Å². The maximum Gasteiger partial charge on any atom is 0.341 e. The van der Waals surface area contributed by atoms with Crippen molar-refractivity contribution in [2.45, 2.75) is 25.5 Å². The summed E-state index contributed by atoms with van der Waals surface area (Å²) in [5.74, 6) is 0.403. The summed E-state index contributed by atoms with van der Waals surface area (Å²) in [7, 11) is 0. The minimum Gasteiger partial charge on any atom is -0.486 e. The summed E-state index contributed by atoms with van der Waals surface area (Å²) in [5.41, 5.74) is 3.33. The van der Waals surface area contributed by atoms with Crippen LogP contribution in [0, 0.1) is 0 Å². The van der Waals surface area contributed by atoms with Gasteiger partial charge in [-0.25, -0.2) is 4.79 Å². The number of aliphatic carboxylic acids is 1. The van der Waals surface area contributed by atoms with Crippen LogP contribution in [-0.4, -0.2) is 36.9 Å². The maximum absolute atomic E-state index is 10.8. The van der Waals surface area contributed by atoms with Crippen molar-refractivity contribution in [3.8, 4) is 11.5 Å².